The van der Waals surface area contributed by atoms with Gasteiger partial charge in [0.15, 0.2) is 0 Å². The predicted octanol–water partition coefficient (Wildman–Crippen LogP) is 1.68. The Morgan fingerprint density at radius 2 is 2.36 bits per heavy atom. The summed E-state index contributed by atoms with van der Waals surface area (Å²) < 4.78 is 2.01. The molecule has 11 heavy (non-hydrogen) atoms. The molecule has 0 bridgehead atoms. The first-order valence-electron chi connectivity index (χ1n) is 3.57. The lowest BCUT2D eigenvalue weighted by molar-refractivity contribution is 0.947. The molecule has 2 aromatic rings. The van der Waals surface area contributed by atoms with Gasteiger partial charge in [0.1, 0.15) is 0 Å². The number of imidazole rings is 1. The molecule has 55 valence electrons. The first kappa shape index (κ1) is 6.40. The zero-order chi connectivity index (χ0) is 7.84. The highest BCUT2D eigenvalue weighted by Crippen LogP contribution is 2.14. The maximum atomic E-state index is 4.25. The van der Waals surface area contributed by atoms with E-state index in [-0.39, 0.29) is 0 Å². The Hall–Kier alpha value is -1.31. The van der Waals surface area contributed by atoms with Crippen LogP contribution in [0.4, 0.5) is 0 Å². The molecule has 1 aromatic carbocycles. The zero-order valence-corrected chi connectivity index (χ0v) is 6.63. The van der Waals surface area contributed by atoms with Crippen molar-refractivity contribution >= 4 is 11.0 Å². The lowest BCUT2D eigenvalue weighted by atomic mass is 10.2. The van der Waals surface area contributed by atoms with Gasteiger partial charge < -0.3 is 4.57 Å². The van der Waals surface area contributed by atoms with Crippen molar-refractivity contribution in [2.45, 2.75) is 6.92 Å². The molecule has 1 heterocycles. The number of rotatable bonds is 0. The Morgan fingerprint density at radius 1 is 1.55 bits per heavy atom. The Morgan fingerprint density at radius 3 is 3.09 bits per heavy atom. The van der Waals surface area contributed by atoms with E-state index in [2.05, 4.69) is 11.1 Å². The number of fused-ring (bicyclic) bond motifs is 1. The van der Waals surface area contributed by atoms with Gasteiger partial charge in [0.2, 0.25) is 0 Å². The highest BCUT2D eigenvalue weighted by molar-refractivity contribution is 5.78. The summed E-state index contributed by atoms with van der Waals surface area (Å²) >= 11 is 0. The molecule has 0 aliphatic rings. The predicted molar refractivity (Wildman–Crippen MR) is 44.3 cm³/mol. The van der Waals surface area contributed by atoms with Crippen molar-refractivity contribution in [2.24, 2.45) is 7.05 Å². The van der Waals surface area contributed by atoms with Crippen molar-refractivity contribution in [2.75, 3.05) is 0 Å². The van der Waals surface area contributed by atoms with Gasteiger partial charge in [-0.3, -0.25) is 0 Å². The second-order valence-corrected chi connectivity index (χ2v) is 2.69. The number of hydrogen-bond acceptors (Lipinski definition) is 1. The molecule has 0 unspecified atom stereocenters. The van der Waals surface area contributed by atoms with Crippen LogP contribution in [0.15, 0.2) is 18.5 Å². The molecule has 0 spiro atoms. The molecule has 0 amide bonds. The van der Waals surface area contributed by atoms with Crippen LogP contribution in [0.5, 0.6) is 0 Å². The third kappa shape index (κ3) is 0.827. The van der Waals surface area contributed by atoms with Crippen molar-refractivity contribution in [3.8, 4) is 0 Å². The molecule has 2 nitrogen and oxygen atoms in total. The molecule has 2 rings (SSSR count). The van der Waals surface area contributed by atoms with Crippen LogP contribution in [-0.2, 0) is 7.05 Å². The largest absolute Gasteiger partial charge is 0.334 e. The lowest BCUT2D eigenvalue weighted by Crippen LogP contribution is -1.83. The third-order valence-corrected chi connectivity index (χ3v) is 1.88. The fraction of sp³-hybridized carbons (Fsp3) is 0.222. The average Bonchev–Trinajstić information content (AvgIpc) is 2.35. The molecule has 0 aliphatic heterocycles. The van der Waals surface area contributed by atoms with Crippen LogP contribution < -0.4 is 0 Å². The van der Waals surface area contributed by atoms with E-state index >= 15 is 0 Å². The second kappa shape index (κ2) is 2.09. The Balaban J connectivity index is 2.94. The topological polar surface area (TPSA) is 17.8 Å². The minimum absolute atomic E-state index is 1.05. The van der Waals surface area contributed by atoms with E-state index in [1.165, 1.54) is 5.52 Å². The fourth-order valence-corrected chi connectivity index (χ4v) is 1.24. The van der Waals surface area contributed by atoms with Gasteiger partial charge in [-0.2, -0.15) is 0 Å². The van der Waals surface area contributed by atoms with Gasteiger partial charge >= 0.3 is 0 Å². The molecule has 0 N–H and O–H groups in total. The molecular formula is C9H9N2. The summed E-state index contributed by atoms with van der Waals surface area (Å²) in [5.41, 5.74) is 3.33. The van der Waals surface area contributed by atoms with Crippen LogP contribution in [-0.4, -0.2) is 9.55 Å². The van der Waals surface area contributed by atoms with Gasteiger partial charge in [-0.25, -0.2) is 4.98 Å². The summed E-state index contributed by atoms with van der Waals surface area (Å²) in [4.78, 5) is 4.25. The summed E-state index contributed by atoms with van der Waals surface area (Å²) in [6.45, 7) is 2.02. The average molecular weight is 145 g/mol. The van der Waals surface area contributed by atoms with E-state index in [1.54, 1.807) is 0 Å². The van der Waals surface area contributed by atoms with Crippen LogP contribution in [0, 0.1) is 13.0 Å². The van der Waals surface area contributed by atoms with E-state index in [0.717, 1.165) is 11.1 Å². The summed E-state index contributed by atoms with van der Waals surface area (Å²) in [6.07, 6.45) is 1.82. The van der Waals surface area contributed by atoms with Crippen molar-refractivity contribution in [3.05, 3.63) is 30.1 Å². The van der Waals surface area contributed by atoms with E-state index in [9.17, 15) is 0 Å². The van der Waals surface area contributed by atoms with E-state index < -0.39 is 0 Å². The standard InChI is InChI=1S/C9H9N2/c1-7-4-3-5-8-9(7)10-6-11(8)2/h3,5-6H,1-2H3. The first-order chi connectivity index (χ1) is 5.29. The van der Waals surface area contributed by atoms with Gasteiger partial charge in [-0.15, -0.1) is 0 Å². The van der Waals surface area contributed by atoms with Gasteiger partial charge in [0.25, 0.3) is 0 Å². The first-order valence-corrected chi connectivity index (χ1v) is 3.57. The highest BCUT2D eigenvalue weighted by Gasteiger charge is 1.99. The van der Waals surface area contributed by atoms with Crippen molar-refractivity contribution in [1.29, 1.82) is 0 Å². The normalized spacial score (nSPS) is 10.7. The van der Waals surface area contributed by atoms with E-state index in [4.69, 9.17) is 0 Å². The third-order valence-electron chi connectivity index (χ3n) is 1.88. The molecule has 0 saturated heterocycles. The summed E-state index contributed by atoms with van der Waals surface area (Å²) in [7, 11) is 1.99. The molecular weight excluding hydrogens is 136 g/mol. The number of benzene rings is 1. The number of aryl methyl sites for hydroxylation is 2. The van der Waals surface area contributed by atoms with Crippen LogP contribution >= 0.6 is 0 Å². The minimum atomic E-state index is 1.05. The van der Waals surface area contributed by atoms with Crippen molar-refractivity contribution in [3.63, 3.8) is 0 Å². The van der Waals surface area contributed by atoms with Gasteiger partial charge in [-0.1, -0.05) is 6.07 Å². The van der Waals surface area contributed by atoms with Gasteiger partial charge in [0.05, 0.1) is 17.4 Å². The molecule has 1 aromatic heterocycles. The van der Waals surface area contributed by atoms with Crippen LogP contribution in [0.3, 0.4) is 0 Å². The number of aromatic nitrogens is 2. The lowest BCUT2D eigenvalue weighted by Gasteiger charge is -1.94. The summed E-state index contributed by atoms with van der Waals surface area (Å²) in [5.74, 6) is 0. The van der Waals surface area contributed by atoms with Crippen LogP contribution in [0.25, 0.3) is 11.0 Å². The number of nitrogens with zero attached hydrogens (tertiary/aromatic N) is 2. The van der Waals surface area contributed by atoms with Gasteiger partial charge in [-0.05, 0) is 24.6 Å². The SMILES string of the molecule is Cc1[c]ccc2c1ncn2C. The number of hydrogen-bond donors (Lipinski definition) is 0. The molecule has 0 aliphatic carbocycles. The monoisotopic (exact) mass is 145 g/mol. The van der Waals surface area contributed by atoms with Crippen molar-refractivity contribution in [1.82, 2.24) is 9.55 Å². The maximum Gasteiger partial charge on any atom is 0.0955 e. The van der Waals surface area contributed by atoms with Gasteiger partial charge in [0, 0.05) is 7.05 Å². The Bertz CT molecular complexity index is 387. The second-order valence-electron chi connectivity index (χ2n) is 2.69. The molecule has 2 heteroatoms. The Kier molecular flexibility index (Phi) is 1.22. The highest BCUT2D eigenvalue weighted by atomic mass is 15.0. The van der Waals surface area contributed by atoms with Crippen molar-refractivity contribution < 1.29 is 0 Å². The molecule has 0 atom stereocenters. The van der Waals surface area contributed by atoms with Crippen LogP contribution in [0.1, 0.15) is 5.56 Å². The summed E-state index contributed by atoms with van der Waals surface area (Å²) in [6, 6.07) is 7.06. The maximum absolute atomic E-state index is 4.25. The molecule has 0 saturated carbocycles. The van der Waals surface area contributed by atoms with E-state index in [1.807, 2.05) is 37.0 Å². The fourth-order valence-electron chi connectivity index (χ4n) is 1.24. The molecule has 0 fully saturated rings. The minimum Gasteiger partial charge on any atom is -0.334 e. The van der Waals surface area contributed by atoms with E-state index in [0.29, 0.717) is 0 Å². The zero-order valence-electron chi connectivity index (χ0n) is 6.63. The quantitative estimate of drug-likeness (QED) is 0.551. The molecule has 1 radical (unpaired) electrons. The Labute approximate surface area is 65.5 Å². The summed E-state index contributed by atoms with van der Waals surface area (Å²) in [5, 5.41) is 0. The smallest absolute Gasteiger partial charge is 0.0955 e. The van der Waals surface area contributed by atoms with Crippen LogP contribution in [0.2, 0.25) is 0 Å².